The van der Waals surface area contributed by atoms with E-state index in [1.807, 2.05) is 0 Å². The molecule has 4 heteroatoms. The van der Waals surface area contributed by atoms with Crippen molar-refractivity contribution in [1.82, 2.24) is 4.90 Å². The Bertz CT molecular complexity index is 342. The number of hydrogen-bond acceptors (Lipinski definition) is 2. The first-order valence-electron chi connectivity index (χ1n) is 6.03. The zero-order valence-electron chi connectivity index (χ0n) is 10.3. The van der Waals surface area contributed by atoms with Crippen molar-refractivity contribution in [2.45, 2.75) is 26.3 Å². The summed E-state index contributed by atoms with van der Waals surface area (Å²) in [6.45, 7) is 4.77. The number of unbranched alkanes of at least 4 members (excludes halogenated alkanes) is 1. The molecule has 0 aliphatic rings. The van der Waals surface area contributed by atoms with Crippen LogP contribution in [0.25, 0.3) is 0 Å². The van der Waals surface area contributed by atoms with E-state index in [1.165, 1.54) is 12.1 Å². The van der Waals surface area contributed by atoms with Gasteiger partial charge in [-0.05, 0) is 19.0 Å². The maximum absolute atomic E-state index is 13.5. The Kier molecular flexibility index (Phi) is 6.08. The lowest BCUT2D eigenvalue weighted by molar-refractivity contribution is 0.264. The molecule has 0 fully saturated rings. The highest BCUT2D eigenvalue weighted by molar-refractivity contribution is 5.18. The van der Waals surface area contributed by atoms with Gasteiger partial charge in [-0.25, -0.2) is 8.78 Å². The molecule has 0 aliphatic heterocycles. The Balaban J connectivity index is 2.64. The van der Waals surface area contributed by atoms with E-state index in [1.54, 1.807) is 0 Å². The van der Waals surface area contributed by atoms with Crippen molar-refractivity contribution in [3.05, 3.63) is 35.4 Å². The van der Waals surface area contributed by atoms with Crippen LogP contribution in [-0.2, 0) is 6.54 Å². The van der Waals surface area contributed by atoms with E-state index in [4.69, 9.17) is 5.73 Å². The normalized spacial score (nSPS) is 11.1. The van der Waals surface area contributed by atoms with E-state index in [9.17, 15) is 8.78 Å². The van der Waals surface area contributed by atoms with Crippen LogP contribution in [0.1, 0.15) is 25.3 Å². The Morgan fingerprint density at radius 2 is 2.00 bits per heavy atom. The maximum atomic E-state index is 13.5. The lowest BCUT2D eigenvalue weighted by Gasteiger charge is -2.21. The summed E-state index contributed by atoms with van der Waals surface area (Å²) in [5.41, 5.74) is 6.05. The first-order chi connectivity index (χ1) is 8.17. The molecule has 0 radical (unpaired) electrons. The van der Waals surface area contributed by atoms with E-state index in [0.717, 1.165) is 32.0 Å². The Morgan fingerprint density at radius 1 is 1.24 bits per heavy atom. The molecule has 0 heterocycles. The van der Waals surface area contributed by atoms with Gasteiger partial charge in [0.15, 0.2) is 0 Å². The van der Waals surface area contributed by atoms with Crippen LogP contribution in [0.5, 0.6) is 0 Å². The molecule has 0 atom stereocenters. The molecule has 96 valence electrons. The predicted octanol–water partition coefficient (Wildman–Crippen LogP) is 2.53. The first kappa shape index (κ1) is 14.1. The molecule has 2 N–H and O–H groups in total. The van der Waals surface area contributed by atoms with Gasteiger partial charge >= 0.3 is 0 Å². The summed E-state index contributed by atoms with van der Waals surface area (Å²) < 4.78 is 26.2. The zero-order valence-corrected chi connectivity index (χ0v) is 10.3. The van der Waals surface area contributed by atoms with Gasteiger partial charge in [0.25, 0.3) is 0 Å². The van der Waals surface area contributed by atoms with Gasteiger partial charge < -0.3 is 5.73 Å². The van der Waals surface area contributed by atoms with Crippen molar-refractivity contribution in [1.29, 1.82) is 0 Å². The topological polar surface area (TPSA) is 29.3 Å². The largest absolute Gasteiger partial charge is 0.329 e. The van der Waals surface area contributed by atoms with Crippen molar-refractivity contribution in [2.24, 2.45) is 5.73 Å². The van der Waals surface area contributed by atoms with Gasteiger partial charge in [0.05, 0.1) is 0 Å². The van der Waals surface area contributed by atoms with Crippen LogP contribution in [0.3, 0.4) is 0 Å². The van der Waals surface area contributed by atoms with Gasteiger partial charge in [-0.15, -0.1) is 0 Å². The van der Waals surface area contributed by atoms with E-state index in [2.05, 4.69) is 11.8 Å². The minimum Gasteiger partial charge on any atom is -0.329 e. The molecular weight excluding hydrogens is 222 g/mol. The molecule has 0 unspecified atom stereocenters. The van der Waals surface area contributed by atoms with Gasteiger partial charge in [0.1, 0.15) is 11.6 Å². The number of nitrogens with zero attached hydrogens (tertiary/aromatic N) is 1. The molecule has 1 rings (SSSR count). The number of nitrogens with two attached hydrogens (primary N) is 1. The summed E-state index contributed by atoms with van der Waals surface area (Å²) in [6.07, 6.45) is 2.15. The third-order valence-corrected chi connectivity index (χ3v) is 2.68. The van der Waals surface area contributed by atoms with Crippen LogP contribution in [0.4, 0.5) is 8.78 Å². The molecule has 0 amide bonds. The van der Waals surface area contributed by atoms with E-state index in [-0.39, 0.29) is 0 Å². The van der Waals surface area contributed by atoms with Crippen LogP contribution in [0.15, 0.2) is 18.2 Å². The summed E-state index contributed by atoms with van der Waals surface area (Å²) in [4.78, 5) is 2.10. The summed E-state index contributed by atoms with van der Waals surface area (Å²) in [6, 6.07) is 3.72. The number of hydrogen-bond donors (Lipinski definition) is 1. The summed E-state index contributed by atoms with van der Waals surface area (Å²) >= 11 is 0. The van der Waals surface area contributed by atoms with E-state index < -0.39 is 11.6 Å². The molecule has 1 aromatic carbocycles. The van der Waals surface area contributed by atoms with Crippen molar-refractivity contribution in [3.63, 3.8) is 0 Å². The van der Waals surface area contributed by atoms with Gasteiger partial charge in [-0.1, -0.05) is 19.4 Å². The lowest BCUT2D eigenvalue weighted by Crippen LogP contribution is -2.30. The van der Waals surface area contributed by atoms with Gasteiger partial charge in [-0.2, -0.15) is 0 Å². The SMILES string of the molecule is CCCCN(CCN)Cc1ccc(F)cc1F. The number of benzene rings is 1. The highest BCUT2D eigenvalue weighted by Gasteiger charge is 2.09. The standard InChI is InChI=1S/C13H20F2N2/c1-2-3-7-17(8-6-16)10-11-4-5-12(14)9-13(11)15/h4-5,9H,2-3,6-8,10,16H2,1H3. The van der Waals surface area contributed by atoms with Crippen LogP contribution >= 0.6 is 0 Å². The minimum absolute atomic E-state index is 0.483. The molecule has 0 spiro atoms. The highest BCUT2D eigenvalue weighted by atomic mass is 19.1. The second-order valence-corrected chi connectivity index (χ2v) is 4.15. The second-order valence-electron chi connectivity index (χ2n) is 4.15. The smallest absolute Gasteiger partial charge is 0.130 e. The summed E-state index contributed by atoms with van der Waals surface area (Å²) in [7, 11) is 0. The van der Waals surface area contributed by atoms with Crippen LogP contribution in [-0.4, -0.2) is 24.5 Å². The Labute approximate surface area is 101 Å². The maximum Gasteiger partial charge on any atom is 0.130 e. The van der Waals surface area contributed by atoms with Gasteiger partial charge in [-0.3, -0.25) is 4.90 Å². The zero-order chi connectivity index (χ0) is 12.7. The molecule has 0 aliphatic carbocycles. The fourth-order valence-electron chi connectivity index (χ4n) is 1.73. The monoisotopic (exact) mass is 242 g/mol. The van der Waals surface area contributed by atoms with Gasteiger partial charge in [0, 0.05) is 31.3 Å². The minimum atomic E-state index is -0.537. The molecule has 0 bridgehead atoms. The van der Waals surface area contributed by atoms with E-state index in [0.29, 0.717) is 18.7 Å². The third kappa shape index (κ3) is 4.79. The number of halogens is 2. The van der Waals surface area contributed by atoms with Crippen molar-refractivity contribution < 1.29 is 8.78 Å². The Hall–Kier alpha value is -1.00. The Morgan fingerprint density at radius 3 is 2.59 bits per heavy atom. The second kappa shape index (κ2) is 7.35. The molecular formula is C13H20F2N2. The molecule has 0 saturated carbocycles. The summed E-state index contributed by atoms with van der Waals surface area (Å²) in [5, 5.41) is 0. The number of rotatable bonds is 7. The van der Waals surface area contributed by atoms with Crippen LogP contribution in [0.2, 0.25) is 0 Å². The predicted molar refractivity (Wildman–Crippen MR) is 65.6 cm³/mol. The van der Waals surface area contributed by atoms with E-state index >= 15 is 0 Å². The summed E-state index contributed by atoms with van der Waals surface area (Å²) in [5.74, 6) is -1.02. The molecule has 1 aromatic rings. The first-order valence-corrected chi connectivity index (χ1v) is 6.03. The average molecular weight is 242 g/mol. The van der Waals surface area contributed by atoms with Crippen molar-refractivity contribution in [3.8, 4) is 0 Å². The van der Waals surface area contributed by atoms with Crippen molar-refractivity contribution >= 4 is 0 Å². The molecule has 0 aromatic heterocycles. The quantitative estimate of drug-likeness (QED) is 0.796. The van der Waals surface area contributed by atoms with Crippen LogP contribution < -0.4 is 5.73 Å². The lowest BCUT2D eigenvalue weighted by atomic mass is 10.2. The average Bonchev–Trinajstić information content (AvgIpc) is 2.29. The molecule has 17 heavy (non-hydrogen) atoms. The third-order valence-electron chi connectivity index (χ3n) is 2.68. The molecule has 2 nitrogen and oxygen atoms in total. The highest BCUT2D eigenvalue weighted by Crippen LogP contribution is 2.12. The fraction of sp³-hybridized carbons (Fsp3) is 0.538. The van der Waals surface area contributed by atoms with Crippen molar-refractivity contribution in [2.75, 3.05) is 19.6 Å². The fourth-order valence-corrected chi connectivity index (χ4v) is 1.73. The van der Waals surface area contributed by atoms with Crippen LogP contribution in [0, 0.1) is 11.6 Å². The molecule has 0 saturated heterocycles. The van der Waals surface area contributed by atoms with Gasteiger partial charge in [0.2, 0.25) is 0 Å².